The van der Waals surface area contributed by atoms with Crippen LogP contribution in [0.5, 0.6) is 0 Å². The number of hydrogen-bond acceptors (Lipinski definition) is 4. The normalized spacial score (nSPS) is 15.7. The van der Waals surface area contributed by atoms with Gasteiger partial charge in [-0.1, -0.05) is 49.4 Å². The average molecular weight is 465 g/mol. The van der Waals surface area contributed by atoms with Gasteiger partial charge in [0.2, 0.25) is 0 Å². The van der Waals surface area contributed by atoms with E-state index in [-0.39, 0.29) is 18.2 Å². The molecule has 0 fully saturated rings. The van der Waals surface area contributed by atoms with Crippen LogP contribution in [-0.2, 0) is 16.1 Å². The Kier molecular flexibility index (Phi) is 8.29. The summed E-state index contributed by atoms with van der Waals surface area (Å²) in [5.41, 5.74) is 3.15. The lowest BCUT2D eigenvalue weighted by Crippen LogP contribution is -2.48. The summed E-state index contributed by atoms with van der Waals surface area (Å²) in [7, 11) is 0. The Bertz CT molecular complexity index is 1070. The van der Waals surface area contributed by atoms with Crippen molar-refractivity contribution < 1.29 is 19.1 Å². The van der Waals surface area contributed by atoms with Crippen LogP contribution in [0, 0.1) is 0 Å². The molecule has 0 spiro atoms. The van der Waals surface area contributed by atoms with E-state index in [2.05, 4.69) is 16.0 Å². The second-order valence-electron chi connectivity index (χ2n) is 8.41. The van der Waals surface area contributed by atoms with E-state index in [1.54, 1.807) is 43.9 Å². The molecule has 0 aliphatic carbocycles. The number of anilines is 1. The number of carbonyl (C=O) groups excluding carboxylic acids is 3. The zero-order valence-corrected chi connectivity index (χ0v) is 20.1. The quantitative estimate of drug-likeness (QED) is 0.493. The van der Waals surface area contributed by atoms with Gasteiger partial charge in [-0.25, -0.2) is 14.4 Å². The summed E-state index contributed by atoms with van der Waals surface area (Å²) >= 11 is 0. The van der Waals surface area contributed by atoms with Gasteiger partial charge in [0.1, 0.15) is 0 Å². The summed E-state index contributed by atoms with van der Waals surface area (Å²) in [6.45, 7) is 8.19. The first kappa shape index (κ1) is 24.8. The molecule has 0 saturated heterocycles. The first-order chi connectivity index (χ1) is 16.3. The fourth-order valence-corrected chi connectivity index (χ4v) is 3.82. The van der Waals surface area contributed by atoms with Gasteiger partial charge in [-0.15, -0.1) is 0 Å². The first-order valence-corrected chi connectivity index (χ1v) is 11.5. The number of benzene rings is 2. The number of ether oxygens (including phenoxy) is 1. The molecule has 4 amide bonds. The van der Waals surface area contributed by atoms with Gasteiger partial charge in [0.25, 0.3) is 0 Å². The molecule has 3 N–H and O–H groups in total. The van der Waals surface area contributed by atoms with Crippen molar-refractivity contribution in [3.63, 3.8) is 0 Å². The average Bonchev–Trinajstić information content (AvgIpc) is 2.80. The van der Waals surface area contributed by atoms with Gasteiger partial charge < -0.3 is 20.7 Å². The minimum atomic E-state index is -0.694. The summed E-state index contributed by atoms with van der Waals surface area (Å²) < 4.78 is 5.49. The van der Waals surface area contributed by atoms with Gasteiger partial charge in [0.05, 0.1) is 17.7 Å². The van der Waals surface area contributed by atoms with Crippen molar-refractivity contribution in [3.05, 3.63) is 77.0 Å². The second-order valence-corrected chi connectivity index (χ2v) is 8.41. The van der Waals surface area contributed by atoms with E-state index in [1.807, 2.05) is 43.3 Å². The molecule has 3 rings (SSSR count). The van der Waals surface area contributed by atoms with E-state index in [0.29, 0.717) is 35.6 Å². The molecule has 0 saturated carbocycles. The summed E-state index contributed by atoms with van der Waals surface area (Å²) in [4.78, 5) is 39.8. The lowest BCUT2D eigenvalue weighted by molar-refractivity contribution is -0.143. The highest BCUT2D eigenvalue weighted by molar-refractivity contribution is 5.95. The fraction of sp³-hybridized carbons (Fsp3) is 0.346. The zero-order chi connectivity index (χ0) is 24.7. The van der Waals surface area contributed by atoms with E-state index in [9.17, 15) is 14.4 Å². The van der Waals surface area contributed by atoms with E-state index in [1.165, 1.54) is 0 Å². The highest BCUT2D eigenvalue weighted by Crippen LogP contribution is 2.32. The van der Waals surface area contributed by atoms with Crippen LogP contribution in [0.2, 0.25) is 0 Å². The van der Waals surface area contributed by atoms with Crippen molar-refractivity contribution in [2.75, 3.05) is 11.9 Å². The van der Waals surface area contributed by atoms with Crippen LogP contribution in [0.3, 0.4) is 0 Å². The molecule has 8 nitrogen and oxygen atoms in total. The Morgan fingerprint density at radius 1 is 1.12 bits per heavy atom. The maximum Gasteiger partial charge on any atom is 0.338 e. The molecular formula is C26H32N4O4. The lowest BCUT2D eigenvalue weighted by Gasteiger charge is -2.35. The van der Waals surface area contributed by atoms with Crippen molar-refractivity contribution in [3.8, 4) is 0 Å². The number of urea groups is 2. The van der Waals surface area contributed by atoms with Gasteiger partial charge in [-0.3, -0.25) is 4.90 Å². The Hall–Kier alpha value is -3.81. The van der Waals surface area contributed by atoms with E-state index in [4.69, 9.17) is 4.74 Å². The molecular weight excluding hydrogens is 432 g/mol. The molecule has 0 radical (unpaired) electrons. The van der Waals surface area contributed by atoms with Crippen molar-refractivity contribution in [2.24, 2.45) is 0 Å². The zero-order valence-electron chi connectivity index (χ0n) is 20.1. The molecule has 1 atom stereocenters. The van der Waals surface area contributed by atoms with Crippen LogP contribution in [0.25, 0.3) is 0 Å². The van der Waals surface area contributed by atoms with Gasteiger partial charge in [0.15, 0.2) is 0 Å². The molecule has 1 heterocycles. The summed E-state index contributed by atoms with van der Waals surface area (Å²) in [6.07, 6.45) is 0.450. The maximum absolute atomic E-state index is 13.0. The van der Waals surface area contributed by atoms with Crippen LogP contribution in [0.1, 0.15) is 51.3 Å². The highest BCUT2D eigenvalue weighted by Gasteiger charge is 2.36. The number of allylic oxidation sites excluding steroid dienone is 1. The third-order valence-electron chi connectivity index (χ3n) is 5.38. The van der Waals surface area contributed by atoms with Gasteiger partial charge in [-0.05, 0) is 50.5 Å². The Labute approximate surface area is 200 Å². The van der Waals surface area contributed by atoms with Crippen LogP contribution in [-0.4, -0.2) is 35.6 Å². The van der Waals surface area contributed by atoms with Crippen LogP contribution in [0.15, 0.2) is 65.9 Å². The van der Waals surface area contributed by atoms with E-state index < -0.39 is 12.0 Å². The third-order valence-corrected chi connectivity index (χ3v) is 5.38. The number of nitrogens with zero attached hydrogens (tertiary/aromatic N) is 1. The van der Waals surface area contributed by atoms with Crippen molar-refractivity contribution in [1.82, 2.24) is 15.5 Å². The SMILES string of the molecule is CCCN1C(=O)NC(c2cccc(NC(=O)NCc3ccccc3)c2)C(C(=O)OC(C)C)=C1C. The standard InChI is InChI=1S/C26H32N4O4/c1-5-14-30-18(4)22(24(31)34-17(2)3)23(29-26(30)33)20-12-9-13-21(15-20)28-25(32)27-16-19-10-7-6-8-11-19/h6-13,15,17,23H,5,14,16H2,1-4H3,(H,29,33)(H2,27,28,32). The second kappa shape index (κ2) is 11.4. The van der Waals surface area contributed by atoms with E-state index >= 15 is 0 Å². The summed E-state index contributed by atoms with van der Waals surface area (Å²) in [5.74, 6) is -0.474. The Balaban J connectivity index is 1.82. The Morgan fingerprint density at radius 2 is 1.85 bits per heavy atom. The lowest BCUT2D eigenvalue weighted by atomic mass is 9.94. The van der Waals surface area contributed by atoms with Gasteiger partial charge >= 0.3 is 18.0 Å². The predicted octanol–water partition coefficient (Wildman–Crippen LogP) is 4.71. The van der Waals surface area contributed by atoms with Crippen molar-refractivity contribution in [1.29, 1.82) is 0 Å². The molecule has 2 aromatic carbocycles. The fourth-order valence-electron chi connectivity index (χ4n) is 3.82. The number of carbonyl (C=O) groups is 3. The molecule has 1 aliphatic rings. The molecule has 1 unspecified atom stereocenters. The molecule has 1 aliphatic heterocycles. The number of amides is 4. The number of nitrogens with one attached hydrogen (secondary N) is 3. The predicted molar refractivity (Wildman–Crippen MR) is 131 cm³/mol. The van der Waals surface area contributed by atoms with Crippen LogP contribution in [0.4, 0.5) is 15.3 Å². The number of esters is 1. The summed E-state index contributed by atoms with van der Waals surface area (Å²) in [5, 5.41) is 8.56. The van der Waals surface area contributed by atoms with E-state index in [0.717, 1.165) is 12.0 Å². The van der Waals surface area contributed by atoms with Gasteiger partial charge in [-0.2, -0.15) is 0 Å². The molecule has 0 bridgehead atoms. The molecule has 2 aromatic rings. The largest absolute Gasteiger partial charge is 0.459 e. The molecule has 34 heavy (non-hydrogen) atoms. The number of hydrogen-bond donors (Lipinski definition) is 3. The smallest absolute Gasteiger partial charge is 0.338 e. The van der Waals surface area contributed by atoms with Crippen LogP contribution >= 0.6 is 0 Å². The third kappa shape index (κ3) is 6.15. The monoisotopic (exact) mass is 464 g/mol. The van der Waals surface area contributed by atoms with Crippen molar-refractivity contribution in [2.45, 2.75) is 52.8 Å². The molecule has 8 heteroatoms. The summed E-state index contributed by atoms with van der Waals surface area (Å²) in [6, 6.07) is 15.4. The maximum atomic E-state index is 13.0. The number of rotatable bonds is 8. The molecule has 180 valence electrons. The van der Waals surface area contributed by atoms with Crippen molar-refractivity contribution >= 4 is 23.7 Å². The van der Waals surface area contributed by atoms with Gasteiger partial charge in [0, 0.05) is 24.5 Å². The van der Waals surface area contributed by atoms with Crippen LogP contribution < -0.4 is 16.0 Å². The Morgan fingerprint density at radius 3 is 2.53 bits per heavy atom. The topological polar surface area (TPSA) is 99.8 Å². The first-order valence-electron chi connectivity index (χ1n) is 11.5. The highest BCUT2D eigenvalue weighted by atomic mass is 16.5. The minimum Gasteiger partial charge on any atom is -0.459 e. The minimum absolute atomic E-state index is 0.274. The molecule has 0 aromatic heterocycles.